The molecule has 0 spiro atoms. The van der Waals surface area contributed by atoms with Crippen LogP contribution < -0.4 is 10.1 Å². The maximum absolute atomic E-state index is 12.8. The van der Waals surface area contributed by atoms with Crippen LogP contribution in [0.15, 0.2) is 12.3 Å². The molecule has 1 atom stereocenters. The molecule has 156 valence electrons. The number of pyridine rings is 1. The van der Waals surface area contributed by atoms with Crippen molar-refractivity contribution in [3.8, 4) is 5.75 Å². The first-order chi connectivity index (χ1) is 12.8. The van der Waals surface area contributed by atoms with Crippen LogP contribution in [0, 0.1) is 0 Å². The molecule has 1 aromatic heterocycles. The van der Waals surface area contributed by atoms with Crippen molar-refractivity contribution in [1.29, 1.82) is 0 Å². The van der Waals surface area contributed by atoms with Gasteiger partial charge in [-0.15, -0.1) is 0 Å². The summed E-state index contributed by atoms with van der Waals surface area (Å²) in [6.45, 7) is 1.18. The summed E-state index contributed by atoms with van der Waals surface area (Å²) in [6, 6.07) is -0.177. The fourth-order valence-corrected chi connectivity index (χ4v) is 3.56. The Morgan fingerprint density at radius 3 is 2.54 bits per heavy atom. The smallest absolute Gasteiger partial charge is 0.490 e. The molecule has 0 unspecified atom stereocenters. The van der Waals surface area contributed by atoms with Crippen LogP contribution in [0.2, 0.25) is 5.15 Å². The number of ether oxygens (including phenoxy) is 1. The average molecular weight is 444 g/mol. The van der Waals surface area contributed by atoms with Gasteiger partial charge in [0.1, 0.15) is 17.5 Å². The van der Waals surface area contributed by atoms with Gasteiger partial charge in [0, 0.05) is 13.0 Å². The van der Waals surface area contributed by atoms with E-state index in [0.29, 0.717) is 6.92 Å². The zero-order valence-electron chi connectivity index (χ0n) is 14.8. The zero-order chi connectivity index (χ0) is 21.3. The van der Waals surface area contributed by atoms with Gasteiger partial charge in [-0.05, 0) is 25.8 Å². The van der Waals surface area contributed by atoms with E-state index in [1.54, 1.807) is 0 Å². The molecule has 13 heteroatoms. The predicted molar refractivity (Wildman–Crippen MR) is 92.2 cm³/mol. The third-order valence-corrected chi connectivity index (χ3v) is 5.75. The molecular weight excluding hydrogens is 427 g/mol. The van der Waals surface area contributed by atoms with Crippen LogP contribution in [0.4, 0.5) is 13.2 Å². The van der Waals surface area contributed by atoms with Gasteiger partial charge in [0.2, 0.25) is 5.91 Å². The first-order valence-corrected chi connectivity index (χ1v) is 9.87. The maximum atomic E-state index is 12.8. The van der Waals surface area contributed by atoms with Crippen molar-refractivity contribution in [2.24, 2.45) is 0 Å². The number of rotatable bonds is 7. The largest absolute Gasteiger partial charge is 0.516 e. The topological polar surface area (TPSA) is 106 Å². The SMILES string of the molecule is CC(=O)N([C@@H](C)COc1cnc(Cl)c(C(=O)NC2CC2)c1)S(=O)(=O)C(F)(F)F. The Morgan fingerprint density at radius 2 is 2.04 bits per heavy atom. The van der Waals surface area contributed by atoms with E-state index in [1.807, 2.05) is 0 Å². The molecule has 1 heterocycles. The predicted octanol–water partition coefficient (Wildman–Crippen LogP) is 2.09. The monoisotopic (exact) mass is 443 g/mol. The quantitative estimate of drug-likeness (QED) is 0.647. The molecule has 1 saturated carbocycles. The first kappa shape index (κ1) is 22.2. The highest BCUT2D eigenvalue weighted by Gasteiger charge is 2.52. The molecule has 8 nitrogen and oxygen atoms in total. The molecule has 1 N–H and O–H groups in total. The third-order valence-electron chi connectivity index (χ3n) is 3.72. The summed E-state index contributed by atoms with van der Waals surface area (Å²) >= 11 is 5.87. The Kier molecular flexibility index (Phi) is 6.44. The van der Waals surface area contributed by atoms with Gasteiger partial charge in [0.15, 0.2) is 0 Å². The van der Waals surface area contributed by atoms with Crippen molar-refractivity contribution in [3.05, 3.63) is 23.0 Å². The van der Waals surface area contributed by atoms with Crippen LogP contribution >= 0.6 is 11.6 Å². The van der Waals surface area contributed by atoms with Crippen LogP contribution in [0.1, 0.15) is 37.0 Å². The number of halogens is 4. The number of hydrogen-bond acceptors (Lipinski definition) is 6. The number of alkyl halides is 3. The summed E-state index contributed by atoms with van der Waals surface area (Å²) in [6.07, 6.45) is 2.82. The standard InChI is InChI=1S/C15H17ClF3N3O5S/c1-8(22(9(2)23)28(25,26)15(17,18)19)7-27-11-5-12(13(16)20-6-11)14(24)21-10-3-4-10/h5-6,8,10H,3-4,7H2,1-2H3,(H,21,24)/t8-/m0/s1. The lowest BCUT2D eigenvalue weighted by Gasteiger charge is -2.28. The molecule has 0 saturated heterocycles. The molecule has 1 aliphatic carbocycles. The van der Waals surface area contributed by atoms with Crippen molar-refractivity contribution in [3.63, 3.8) is 0 Å². The van der Waals surface area contributed by atoms with E-state index in [4.69, 9.17) is 16.3 Å². The van der Waals surface area contributed by atoms with Gasteiger partial charge in [-0.2, -0.15) is 21.6 Å². The van der Waals surface area contributed by atoms with Crippen molar-refractivity contribution in [1.82, 2.24) is 14.6 Å². The number of carbonyl (C=O) groups is 2. The van der Waals surface area contributed by atoms with Gasteiger partial charge < -0.3 is 10.1 Å². The van der Waals surface area contributed by atoms with Gasteiger partial charge >= 0.3 is 15.5 Å². The molecule has 2 amide bonds. The first-order valence-electron chi connectivity index (χ1n) is 8.05. The number of amides is 2. The van der Waals surface area contributed by atoms with Crippen molar-refractivity contribution < 1.29 is 35.9 Å². The second-order valence-electron chi connectivity index (χ2n) is 6.18. The fourth-order valence-electron chi connectivity index (χ4n) is 2.27. The lowest BCUT2D eigenvalue weighted by Crippen LogP contribution is -2.50. The number of nitrogens with one attached hydrogen (secondary N) is 1. The van der Waals surface area contributed by atoms with Crippen LogP contribution in [0.5, 0.6) is 5.75 Å². The molecule has 1 fully saturated rings. The summed E-state index contributed by atoms with van der Waals surface area (Å²) in [5.41, 5.74) is -5.63. The molecule has 0 aliphatic heterocycles. The summed E-state index contributed by atoms with van der Waals surface area (Å²) in [4.78, 5) is 27.4. The number of nitrogens with zero attached hydrogens (tertiary/aromatic N) is 2. The fraction of sp³-hybridized carbons (Fsp3) is 0.533. The van der Waals surface area contributed by atoms with Crippen LogP contribution in [0.3, 0.4) is 0 Å². The van der Waals surface area contributed by atoms with E-state index in [0.717, 1.165) is 26.0 Å². The number of aromatic nitrogens is 1. The highest BCUT2D eigenvalue weighted by atomic mass is 35.5. The highest BCUT2D eigenvalue weighted by molar-refractivity contribution is 7.90. The summed E-state index contributed by atoms with van der Waals surface area (Å²) in [7, 11) is -5.87. The molecular formula is C15H17ClF3N3O5S. The molecule has 0 aromatic carbocycles. The van der Waals surface area contributed by atoms with Gasteiger partial charge in [0.25, 0.3) is 5.91 Å². The maximum Gasteiger partial charge on any atom is 0.516 e. The Morgan fingerprint density at radius 1 is 1.43 bits per heavy atom. The summed E-state index contributed by atoms with van der Waals surface area (Å²) < 4.78 is 66.4. The van der Waals surface area contributed by atoms with E-state index >= 15 is 0 Å². The van der Waals surface area contributed by atoms with Crippen molar-refractivity contribution in [2.45, 2.75) is 44.3 Å². The normalized spacial score (nSPS) is 15.6. The van der Waals surface area contributed by atoms with E-state index in [-0.39, 0.29) is 26.8 Å². The van der Waals surface area contributed by atoms with E-state index in [9.17, 15) is 31.2 Å². The van der Waals surface area contributed by atoms with E-state index in [2.05, 4.69) is 10.3 Å². The molecule has 1 aliphatic rings. The number of sulfonamides is 1. The van der Waals surface area contributed by atoms with Crippen LogP contribution in [0.25, 0.3) is 0 Å². The Bertz CT molecular complexity index is 874. The van der Waals surface area contributed by atoms with Crippen LogP contribution in [-0.2, 0) is 14.8 Å². The molecule has 1 aromatic rings. The van der Waals surface area contributed by atoms with E-state index < -0.39 is 40.0 Å². The lowest BCUT2D eigenvalue weighted by molar-refractivity contribution is -0.127. The minimum Gasteiger partial charge on any atom is -0.490 e. The second-order valence-corrected chi connectivity index (χ2v) is 8.35. The highest BCUT2D eigenvalue weighted by Crippen LogP contribution is 2.29. The van der Waals surface area contributed by atoms with E-state index in [1.165, 1.54) is 6.07 Å². The molecule has 0 radical (unpaired) electrons. The minimum absolute atomic E-state index is 0.00468. The molecule has 0 bridgehead atoms. The van der Waals surface area contributed by atoms with Gasteiger partial charge in [-0.25, -0.2) is 9.29 Å². The molecule has 2 rings (SSSR count). The molecule has 28 heavy (non-hydrogen) atoms. The lowest BCUT2D eigenvalue weighted by atomic mass is 10.2. The Hall–Kier alpha value is -2.08. The Labute approximate surface area is 164 Å². The summed E-state index contributed by atoms with van der Waals surface area (Å²) in [5, 5.41) is 2.60. The van der Waals surface area contributed by atoms with Gasteiger partial charge in [0.05, 0.1) is 17.8 Å². The zero-order valence-corrected chi connectivity index (χ0v) is 16.4. The summed E-state index contributed by atoms with van der Waals surface area (Å²) in [5.74, 6) is -1.82. The Balaban J connectivity index is 2.13. The minimum atomic E-state index is -5.87. The van der Waals surface area contributed by atoms with Crippen molar-refractivity contribution in [2.75, 3.05) is 6.61 Å². The second kappa shape index (κ2) is 8.11. The van der Waals surface area contributed by atoms with Gasteiger partial charge in [-0.1, -0.05) is 11.6 Å². The van der Waals surface area contributed by atoms with Gasteiger partial charge in [-0.3, -0.25) is 9.59 Å². The number of carbonyl (C=O) groups excluding carboxylic acids is 2. The number of hydrogen-bond donors (Lipinski definition) is 1. The average Bonchev–Trinajstić information content (AvgIpc) is 3.36. The van der Waals surface area contributed by atoms with Crippen LogP contribution in [-0.4, -0.2) is 53.7 Å². The van der Waals surface area contributed by atoms with Crippen molar-refractivity contribution >= 4 is 33.4 Å². The third kappa shape index (κ3) is 5.04.